The predicted molar refractivity (Wildman–Crippen MR) is 111 cm³/mol. The molecule has 0 radical (unpaired) electrons. The minimum Gasteiger partial charge on any atom is -1.00 e. The van der Waals surface area contributed by atoms with E-state index in [1.54, 1.807) is 24.3 Å². The topological polar surface area (TPSA) is 46.5 Å². The molecule has 3 aliphatic heterocycles. The molecule has 2 aromatic carbocycles. The standard InChI is InChI=1S/C25H30NO3.BrH/c27-24(25(28,19-9-3-1-4-10-19)20-11-5-2-6-12-20)29-23-17-21-13-14-22(18-23)26(21)15-7-8-16-26;/h1-6,9-12,21-23,28H,7-8,13-18H2;1H/q+1;/p-1/t21-,22+,23?;. The molecule has 1 spiro atoms. The highest BCUT2D eigenvalue weighted by molar-refractivity contribution is 5.85. The van der Waals surface area contributed by atoms with Gasteiger partial charge in [-0.2, -0.15) is 0 Å². The SMILES string of the molecule is O=C(OC1C[C@H]2CC[C@@H](C1)[N+]21CCCC1)C(O)(c1ccccc1)c1ccccc1.[Br-]. The van der Waals surface area contributed by atoms with E-state index in [9.17, 15) is 9.90 Å². The molecule has 4 nitrogen and oxygen atoms in total. The summed E-state index contributed by atoms with van der Waals surface area (Å²) in [5.74, 6) is -0.547. The fourth-order valence-corrected chi connectivity index (χ4v) is 6.30. The van der Waals surface area contributed by atoms with Gasteiger partial charge in [0.25, 0.3) is 0 Å². The number of nitrogens with zero attached hydrogens (tertiary/aromatic N) is 1. The van der Waals surface area contributed by atoms with Crippen molar-refractivity contribution in [2.75, 3.05) is 13.1 Å². The van der Waals surface area contributed by atoms with E-state index in [2.05, 4.69) is 0 Å². The molecule has 30 heavy (non-hydrogen) atoms. The van der Waals surface area contributed by atoms with Gasteiger partial charge in [0.05, 0.1) is 25.2 Å². The second kappa shape index (κ2) is 8.45. The van der Waals surface area contributed by atoms with Gasteiger partial charge in [-0.15, -0.1) is 0 Å². The third-order valence-electron chi connectivity index (χ3n) is 7.71. The van der Waals surface area contributed by atoms with Gasteiger partial charge in [0.1, 0.15) is 6.10 Å². The molecule has 3 saturated heterocycles. The molecular weight excluding hydrogens is 442 g/mol. The van der Waals surface area contributed by atoms with Gasteiger partial charge >= 0.3 is 5.97 Å². The van der Waals surface area contributed by atoms with Gasteiger partial charge in [0, 0.05) is 38.5 Å². The number of hydrogen-bond donors (Lipinski definition) is 1. The lowest BCUT2D eigenvalue weighted by atomic mass is 9.86. The minimum absolute atomic E-state index is 0. The van der Waals surface area contributed by atoms with Crippen LogP contribution in [0.2, 0.25) is 0 Å². The Morgan fingerprint density at radius 3 is 1.80 bits per heavy atom. The van der Waals surface area contributed by atoms with Crippen LogP contribution in [0.25, 0.3) is 0 Å². The molecule has 1 N–H and O–H groups in total. The van der Waals surface area contributed by atoms with Crippen LogP contribution in [0.1, 0.15) is 49.7 Å². The number of halogens is 1. The number of esters is 1. The number of quaternary nitrogens is 1. The van der Waals surface area contributed by atoms with Crippen molar-refractivity contribution in [3.8, 4) is 0 Å². The molecule has 1 unspecified atom stereocenters. The number of carbonyl (C=O) groups is 1. The van der Waals surface area contributed by atoms with Gasteiger partial charge in [-0.05, 0) is 11.1 Å². The summed E-state index contributed by atoms with van der Waals surface area (Å²) in [7, 11) is 0. The van der Waals surface area contributed by atoms with Crippen molar-refractivity contribution < 1.29 is 36.1 Å². The Labute approximate surface area is 189 Å². The third kappa shape index (κ3) is 3.41. The number of carbonyl (C=O) groups excluding carboxylic acids is 1. The van der Waals surface area contributed by atoms with Crippen molar-refractivity contribution in [1.29, 1.82) is 0 Å². The largest absolute Gasteiger partial charge is 1.00 e. The zero-order valence-corrected chi connectivity index (χ0v) is 18.8. The Morgan fingerprint density at radius 1 is 0.867 bits per heavy atom. The van der Waals surface area contributed by atoms with Crippen LogP contribution in [0.5, 0.6) is 0 Å². The molecule has 3 aliphatic rings. The van der Waals surface area contributed by atoms with Crippen LogP contribution in [0.15, 0.2) is 60.7 Å². The van der Waals surface area contributed by atoms with E-state index < -0.39 is 11.6 Å². The fourth-order valence-electron chi connectivity index (χ4n) is 6.30. The van der Waals surface area contributed by atoms with Gasteiger partial charge in [-0.3, -0.25) is 0 Å². The van der Waals surface area contributed by atoms with E-state index in [0.29, 0.717) is 23.2 Å². The van der Waals surface area contributed by atoms with Crippen LogP contribution in [0.3, 0.4) is 0 Å². The highest BCUT2D eigenvalue weighted by Gasteiger charge is 2.56. The second-order valence-corrected chi connectivity index (χ2v) is 9.08. The second-order valence-electron chi connectivity index (χ2n) is 9.08. The summed E-state index contributed by atoms with van der Waals surface area (Å²) in [6.07, 6.45) is 6.94. The molecule has 3 heterocycles. The molecule has 0 aromatic heterocycles. The molecule has 3 fully saturated rings. The third-order valence-corrected chi connectivity index (χ3v) is 7.71. The lowest BCUT2D eigenvalue weighted by Crippen LogP contribution is -3.00. The zero-order valence-electron chi connectivity index (χ0n) is 17.3. The maximum atomic E-state index is 13.4. The number of aliphatic hydroxyl groups is 1. The van der Waals surface area contributed by atoms with Gasteiger partial charge in [0.15, 0.2) is 0 Å². The molecule has 2 bridgehead atoms. The summed E-state index contributed by atoms with van der Waals surface area (Å²) < 4.78 is 7.32. The van der Waals surface area contributed by atoms with Crippen molar-refractivity contribution in [2.45, 2.75) is 62.3 Å². The van der Waals surface area contributed by atoms with Crippen LogP contribution in [-0.4, -0.2) is 46.8 Å². The summed E-state index contributed by atoms with van der Waals surface area (Å²) in [6, 6.07) is 19.6. The first-order valence-corrected chi connectivity index (χ1v) is 11.0. The smallest absolute Gasteiger partial charge is 0.347 e. The van der Waals surface area contributed by atoms with Gasteiger partial charge in [0.2, 0.25) is 5.60 Å². The van der Waals surface area contributed by atoms with Crippen LogP contribution in [0, 0.1) is 0 Å². The van der Waals surface area contributed by atoms with Crippen molar-refractivity contribution in [1.82, 2.24) is 0 Å². The molecule has 5 heteroatoms. The molecule has 0 aliphatic carbocycles. The van der Waals surface area contributed by atoms with Crippen LogP contribution in [-0.2, 0) is 15.1 Å². The summed E-state index contributed by atoms with van der Waals surface area (Å²) >= 11 is 0. The Morgan fingerprint density at radius 2 is 1.33 bits per heavy atom. The lowest BCUT2D eigenvalue weighted by Gasteiger charge is -2.47. The maximum Gasteiger partial charge on any atom is 0.347 e. The van der Waals surface area contributed by atoms with E-state index in [4.69, 9.17) is 4.74 Å². The number of piperidine rings is 1. The van der Waals surface area contributed by atoms with Crippen LogP contribution < -0.4 is 17.0 Å². The first-order valence-electron chi connectivity index (χ1n) is 11.0. The number of rotatable bonds is 4. The van der Waals surface area contributed by atoms with E-state index >= 15 is 0 Å². The molecule has 0 saturated carbocycles. The quantitative estimate of drug-likeness (QED) is 0.529. The average molecular weight is 472 g/mol. The number of ether oxygens (including phenoxy) is 1. The summed E-state index contributed by atoms with van der Waals surface area (Å²) in [6.45, 7) is 2.60. The summed E-state index contributed by atoms with van der Waals surface area (Å²) in [5.41, 5.74) is -0.671. The molecule has 5 rings (SSSR count). The van der Waals surface area contributed by atoms with Crippen LogP contribution >= 0.6 is 0 Å². The highest BCUT2D eigenvalue weighted by atomic mass is 79.9. The van der Waals surface area contributed by atoms with E-state index in [-0.39, 0.29) is 23.1 Å². The van der Waals surface area contributed by atoms with Gasteiger partial charge in [-0.1, -0.05) is 60.7 Å². The normalized spacial score (nSPS) is 26.9. The first-order chi connectivity index (χ1) is 14.1. The molecular formula is C25H30BrNO3. The summed E-state index contributed by atoms with van der Waals surface area (Å²) in [4.78, 5) is 13.4. The Hall–Kier alpha value is -1.69. The maximum absolute atomic E-state index is 13.4. The summed E-state index contributed by atoms with van der Waals surface area (Å²) in [5, 5.41) is 11.6. The predicted octanol–water partition coefficient (Wildman–Crippen LogP) is 0.774. The molecule has 0 amide bonds. The molecule has 3 atom stereocenters. The lowest BCUT2D eigenvalue weighted by molar-refractivity contribution is -0.956. The highest BCUT2D eigenvalue weighted by Crippen LogP contribution is 2.46. The fraction of sp³-hybridized carbons (Fsp3) is 0.480. The van der Waals surface area contributed by atoms with E-state index in [0.717, 1.165) is 12.8 Å². The average Bonchev–Trinajstić information content (AvgIpc) is 3.31. The van der Waals surface area contributed by atoms with Gasteiger partial charge in [-0.25, -0.2) is 4.79 Å². The Kier molecular flexibility index (Phi) is 6.06. The van der Waals surface area contributed by atoms with Crippen molar-refractivity contribution in [3.05, 3.63) is 71.8 Å². The number of hydrogen-bond acceptors (Lipinski definition) is 3. The number of benzene rings is 2. The minimum atomic E-state index is -1.78. The van der Waals surface area contributed by atoms with Crippen LogP contribution in [0.4, 0.5) is 0 Å². The van der Waals surface area contributed by atoms with Crippen molar-refractivity contribution in [3.63, 3.8) is 0 Å². The zero-order chi connectivity index (χ0) is 19.9. The first kappa shape index (κ1) is 21.5. The molecule has 2 aromatic rings. The van der Waals surface area contributed by atoms with E-state index in [1.807, 2.05) is 36.4 Å². The Bertz CT molecular complexity index is 811. The Balaban J connectivity index is 0.00000218. The van der Waals surface area contributed by atoms with Crippen molar-refractivity contribution >= 4 is 5.97 Å². The molecule has 160 valence electrons. The monoisotopic (exact) mass is 471 g/mol. The van der Waals surface area contributed by atoms with E-state index in [1.165, 1.54) is 43.3 Å². The van der Waals surface area contributed by atoms with Gasteiger partial charge < -0.3 is 31.3 Å². The van der Waals surface area contributed by atoms with Crippen molar-refractivity contribution in [2.24, 2.45) is 0 Å².